The summed E-state index contributed by atoms with van der Waals surface area (Å²) in [7, 11) is 0. The number of rotatable bonds is 5. The molecule has 1 atom stereocenters. The standard InChI is InChI=1S/C4H9N3O5/c1-3-5(6(8)9)4(2)12-7(10)11/h4H,3H2,1-2H3. The molecule has 8 heteroatoms. The highest BCUT2D eigenvalue weighted by Crippen LogP contribution is 1.99. The van der Waals surface area contributed by atoms with E-state index in [9.17, 15) is 20.2 Å². The molecule has 0 spiro atoms. The highest BCUT2D eigenvalue weighted by Gasteiger charge is 2.23. The van der Waals surface area contributed by atoms with E-state index in [4.69, 9.17) is 0 Å². The van der Waals surface area contributed by atoms with Crippen LogP contribution < -0.4 is 0 Å². The number of hydrogen-bond donors (Lipinski definition) is 0. The Morgan fingerprint density at radius 1 is 1.50 bits per heavy atom. The van der Waals surface area contributed by atoms with Gasteiger partial charge in [-0.1, -0.05) is 0 Å². The Balaban J connectivity index is 4.11. The third-order valence-corrected chi connectivity index (χ3v) is 1.19. The average Bonchev–Trinajstić information content (AvgIpc) is 1.85. The Morgan fingerprint density at radius 2 is 2.00 bits per heavy atom. The highest BCUT2D eigenvalue weighted by atomic mass is 17.0. The largest absolute Gasteiger partial charge is 0.296 e. The zero-order chi connectivity index (χ0) is 9.72. The molecule has 0 aliphatic heterocycles. The molecule has 0 N–H and O–H groups in total. The molecule has 0 bridgehead atoms. The molecule has 0 radical (unpaired) electrons. The summed E-state index contributed by atoms with van der Waals surface area (Å²) in [5.41, 5.74) is 0. The first-order valence-corrected chi connectivity index (χ1v) is 3.21. The van der Waals surface area contributed by atoms with Gasteiger partial charge in [0.1, 0.15) is 0 Å². The third-order valence-electron chi connectivity index (χ3n) is 1.19. The van der Waals surface area contributed by atoms with Gasteiger partial charge in [-0.3, -0.25) is 4.84 Å². The van der Waals surface area contributed by atoms with Gasteiger partial charge >= 0.3 is 0 Å². The van der Waals surface area contributed by atoms with Crippen LogP contribution in [0.3, 0.4) is 0 Å². The van der Waals surface area contributed by atoms with Gasteiger partial charge in [0.15, 0.2) is 5.03 Å². The van der Waals surface area contributed by atoms with E-state index >= 15 is 0 Å². The van der Waals surface area contributed by atoms with E-state index in [1.807, 2.05) is 0 Å². The van der Waals surface area contributed by atoms with Crippen LogP contribution in [0.4, 0.5) is 0 Å². The van der Waals surface area contributed by atoms with Gasteiger partial charge in [0.2, 0.25) is 6.23 Å². The SMILES string of the molecule is CCN(C(C)O[N+](=O)[O-])[N+](=O)[O-]. The molecule has 8 nitrogen and oxygen atoms in total. The molecule has 12 heavy (non-hydrogen) atoms. The van der Waals surface area contributed by atoms with E-state index in [0.717, 1.165) is 0 Å². The van der Waals surface area contributed by atoms with E-state index in [0.29, 0.717) is 5.01 Å². The Morgan fingerprint density at radius 3 is 2.25 bits per heavy atom. The zero-order valence-electron chi connectivity index (χ0n) is 6.67. The minimum absolute atomic E-state index is 0.0437. The lowest BCUT2D eigenvalue weighted by Gasteiger charge is -2.16. The molecule has 0 amide bonds. The topological polar surface area (TPSA) is 98.8 Å². The van der Waals surface area contributed by atoms with Gasteiger partial charge in [-0.25, -0.2) is 10.1 Å². The quantitative estimate of drug-likeness (QED) is 0.336. The van der Waals surface area contributed by atoms with Crippen molar-refractivity contribution in [2.45, 2.75) is 20.1 Å². The van der Waals surface area contributed by atoms with Gasteiger partial charge in [0.25, 0.3) is 5.09 Å². The average molecular weight is 179 g/mol. The number of hydrazine groups is 1. The van der Waals surface area contributed by atoms with E-state index in [1.165, 1.54) is 13.8 Å². The van der Waals surface area contributed by atoms with Crippen LogP contribution in [0.2, 0.25) is 0 Å². The second-order valence-electron chi connectivity index (χ2n) is 1.92. The van der Waals surface area contributed by atoms with Crippen LogP contribution in [-0.4, -0.2) is 27.9 Å². The second kappa shape index (κ2) is 4.31. The maximum Gasteiger partial charge on any atom is 0.296 e. The molecule has 1 unspecified atom stereocenters. The molecule has 0 aliphatic rings. The Kier molecular flexibility index (Phi) is 3.74. The van der Waals surface area contributed by atoms with E-state index < -0.39 is 16.3 Å². The van der Waals surface area contributed by atoms with Crippen LogP contribution in [0, 0.1) is 20.2 Å². The lowest BCUT2D eigenvalue weighted by Crippen LogP contribution is -2.40. The Labute approximate surface area is 67.9 Å². The summed E-state index contributed by atoms with van der Waals surface area (Å²) in [6, 6.07) is 0. The van der Waals surface area contributed by atoms with Gasteiger partial charge in [-0.05, 0) is 13.8 Å². The van der Waals surface area contributed by atoms with Gasteiger partial charge in [0.05, 0.1) is 6.54 Å². The predicted molar refractivity (Wildman–Crippen MR) is 36.9 cm³/mol. The van der Waals surface area contributed by atoms with E-state index in [1.54, 1.807) is 0 Å². The summed E-state index contributed by atoms with van der Waals surface area (Å²) < 4.78 is 0. The number of hydrogen-bond acceptors (Lipinski definition) is 5. The van der Waals surface area contributed by atoms with Gasteiger partial charge in [0, 0.05) is 0 Å². The van der Waals surface area contributed by atoms with Crippen LogP contribution >= 0.6 is 0 Å². The van der Waals surface area contributed by atoms with Crippen molar-refractivity contribution in [3.8, 4) is 0 Å². The van der Waals surface area contributed by atoms with Gasteiger partial charge in [-0.15, -0.1) is 15.1 Å². The summed E-state index contributed by atoms with van der Waals surface area (Å²) in [6.45, 7) is 2.78. The molecule has 0 aromatic carbocycles. The third kappa shape index (κ3) is 2.99. The van der Waals surface area contributed by atoms with Crippen molar-refractivity contribution >= 4 is 0 Å². The second-order valence-corrected chi connectivity index (χ2v) is 1.92. The summed E-state index contributed by atoms with van der Waals surface area (Å²) in [5, 5.41) is 18.8. The van der Waals surface area contributed by atoms with Crippen LogP contribution in [0.1, 0.15) is 13.8 Å². The molecular weight excluding hydrogens is 170 g/mol. The van der Waals surface area contributed by atoms with Crippen molar-refractivity contribution in [3.63, 3.8) is 0 Å². The minimum Gasteiger partial charge on any atom is -0.283 e. The Hall–Kier alpha value is -1.60. The zero-order valence-corrected chi connectivity index (χ0v) is 6.67. The molecule has 0 saturated carbocycles. The smallest absolute Gasteiger partial charge is 0.283 e. The van der Waals surface area contributed by atoms with Crippen LogP contribution in [0.5, 0.6) is 0 Å². The van der Waals surface area contributed by atoms with E-state index in [2.05, 4.69) is 4.84 Å². The minimum atomic E-state index is -1.17. The molecule has 70 valence electrons. The van der Waals surface area contributed by atoms with Crippen molar-refractivity contribution in [2.75, 3.05) is 6.54 Å². The van der Waals surface area contributed by atoms with Gasteiger partial charge < -0.3 is 0 Å². The molecule has 0 rings (SSSR count). The molecule has 0 saturated heterocycles. The molecule has 0 heterocycles. The van der Waals surface area contributed by atoms with Crippen molar-refractivity contribution in [2.24, 2.45) is 0 Å². The first kappa shape index (κ1) is 10.4. The molecule has 0 aromatic heterocycles. The van der Waals surface area contributed by atoms with Crippen LogP contribution in [0.15, 0.2) is 0 Å². The normalized spacial score (nSPS) is 11.8. The summed E-state index contributed by atoms with van der Waals surface area (Å²) in [6.07, 6.45) is -1.17. The van der Waals surface area contributed by atoms with Crippen LogP contribution in [-0.2, 0) is 4.84 Å². The van der Waals surface area contributed by atoms with Crippen molar-refractivity contribution < 1.29 is 15.0 Å². The van der Waals surface area contributed by atoms with E-state index in [-0.39, 0.29) is 6.54 Å². The van der Waals surface area contributed by atoms with Crippen molar-refractivity contribution in [1.29, 1.82) is 0 Å². The number of nitrogens with zero attached hydrogens (tertiary/aromatic N) is 3. The fourth-order valence-corrected chi connectivity index (χ4v) is 0.684. The lowest BCUT2D eigenvalue weighted by molar-refractivity contribution is -0.803. The first-order valence-electron chi connectivity index (χ1n) is 3.21. The fourth-order valence-electron chi connectivity index (χ4n) is 0.684. The monoisotopic (exact) mass is 179 g/mol. The Bertz CT molecular complexity index is 184. The highest BCUT2D eigenvalue weighted by molar-refractivity contribution is 4.39. The molecular formula is C4H9N3O5. The maximum atomic E-state index is 10.2. The van der Waals surface area contributed by atoms with Crippen molar-refractivity contribution in [1.82, 2.24) is 5.01 Å². The fraction of sp³-hybridized carbons (Fsp3) is 1.00. The molecule has 0 fully saturated rings. The van der Waals surface area contributed by atoms with Crippen molar-refractivity contribution in [3.05, 3.63) is 20.2 Å². The molecule has 0 aromatic rings. The maximum absolute atomic E-state index is 10.2. The lowest BCUT2D eigenvalue weighted by atomic mass is 10.6. The van der Waals surface area contributed by atoms with Crippen LogP contribution in [0.25, 0.3) is 0 Å². The summed E-state index contributed by atoms with van der Waals surface area (Å²) in [5.74, 6) is 0. The number of nitro groups is 1. The summed E-state index contributed by atoms with van der Waals surface area (Å²) in [4.78, 5) is 23.9. The van der Waals surface area contributed by atoms with Gasteiger partial charge in [-0.2, -0.15) is 0 Å². The predicted octanol–water partition coefficient (Wildman–Crippen LogP) is 0.0543. The summed E-state index contributed by atoms with van der Waals surface area (Å²) >= 11 is 0. The first-order chi connectivity index (χ1) is 5.49. The molecule has 0 aliphatic carbocycles.